The van der Waals surface area contributed by atoms with Crippen molar-refractivity contribution in [1.29, 1.82) is 5.26 Å². The zero-order valence-corrected chi connectivity index (χ0v) is 7.92. The number of nitrogens with one attached hydrogen (secondary N) is 1. The molecule has 4 heteroatoms. The number of hydrogen-bond donors (Lipinski definition) is 1. The minimum atomic E-state index is -0.0275. The smallest absolute Gasteiger partial charge is 0.317 e. The molecule has 1 rings (SSSR count). The van der Waals surface area contributed by atoms with E-state index < -0.39 is 0 Å². The van der Waals surface area contributed by atoms with Gasteiger partial charge >= 0.3 is 6.03 Å². The number of nitriles is 1. The second kappa shape index (κ2) is 4.70. The normalized spacial score (nSPS) is 14.8. The lowest BCUT2D eigenvalue weighted by Crippen LogP contribution is -2.41. The van der Waals surface area contributed by atoms with Gasteiger partial charge in [0.2, 0.25) is 0 Å². The standard InChI is InChI=1S/C9H15N3O/c1-2-11-9(13)12(7-3-6-10)8-4-5-8/h8H,2-5,7H2,1H3,(H,11,13). The van der Waals surface area contributed by atoms with Crippen LogP contribution >= 0.6 is 0 Å². The van der Waals surface area contributed by atoms with Crippen LogP contribution in [0.15, 0.2) is 0 Å². The highest BCUT2D eigenvalue weighted by Crippen LogP contribution is 2.26. The third-order valence-corrected chi connectivity index (χ3v) is 2.04. The lowest BCUT2D eigenvalue weighted by atomic mass is 10.4. The van der Waals surface area contributed by atoms with Crippen LogP contribution in [0.1, 0.15) is 26.2 Å². The van der Waals surface area contributed by atoms with Crippen LogP contribution < -0.4 is 5.32 Å². The van der Waals surface area contributed by atoms with E-state index in [4.69, 9.17) is 5.26 Å². The molecule has 0 aromatic carbocycles. The van der Waals surface area contributed by atoms with Crippen LogP contribution in [-0.4, -0.2) is 30.1 Å². The minimum Gasteiger partial charge on any atom is -0.338 e. The average Bonchev–Trinajstić information content (AvgIpc) is 2.89. The fourth-order valence-electron chi connectivity index (χ4n) is 1.26. The summed E-state index contributed by atoms with van der Waals surface area (Å²) in [5.74, 6) is 0. The van der Waals surface area contributed by atoms with Gasteiger partial charge in [-0.1, -0.05) is 0 Å². The molecule has 0 bridgehead atoms. The quantitative estimate of drug-likeness (QED) is 0.706. The van der Waals surface area contributed by atoms with Crippen LogP contribution in [0.4, 0.5) is 4.79 Å². The maximum Gasteiger partial charge on any atom is 0.317 e. The predicted molar refractivity (Wildman–Crippen MR) is 49.0 cm³/mol. The van der Waals surface area contributed by atoms with E-state index in [9.17, 15) is 4.79 Å². The van der Waals surface area contributed by atoms with Gasteiger partial charge in [0, 0.05) is 19.1 Å². The molecule has 1 aliphatic rings. The van der Waals surface area contributed by atoms with E-state index in [-0.39, 0.29) is 6.03 Å². The van der Waals surface area contributed by atoms with Gasteiger partial charge in [-0.15, -0.1) is 0 Å². The molecule has 4 nitrogen and oxygen atoms in total. The molecule has 0 spiro atoms. The van der Waals surface area contributed by atoms with Crippen molar-refractivity contribution in [3.63, 3.8) is 0 Å². The Balaban J connectivity index is 2.37. The molecule has 0 aliphatic heterocycles. The molecule has 1 saturated carbocycles. The number of hydrogen-bond acceptors (Lipinski definition) is 2. The summed E-state index contributed by atoms with van der Waals surface area (Å²) in [5.41, 5.74) is 0. The number of nitrogens with zero attached hydrogens (tertiary/aromatic N) is 2. The van der Waals surface area contributed by atoms with Crippen molar-refractivity contribution in [3.05, 3.63) is 0 Å². The molecule has 0 atom stereocenters. The number of urea groups is 1. The number of amides is 2. The lowest BCUT2D eigenvalue weighted by molar-refractivity contribution is 0.196. The second-order valence-electron chi connectivity index (χ2n) is 3.17. The third kappa shape index (κ3) is 2.94. The van der Waals surface area contributed by atoms with Crippen molar-refractivity contribution >= 4 is 6.03 Å². The van der Waals surface area contributed by atoms with E-state index in [0.29, 0.717) is 25.6 Å². The first kappa shape index (κ1) is 9.85. The summed E-state index contributed by atoms with van der Waals surface area (Å²) in [6.45, 7) is 3.11. The van der Waals surface area contributed by atoms with Crippen molar-refractivity contribution in [2.45, 2.75) is 32.2 Å². The molecule has 1 N–H and O–H groups in total. The summed E-state index contributed by atoms with van der Waals surface area (Å²) < 4.78 is 0. The second-order valence-corrected chi connectivity index (χ2v) is 3.17. The molecule has 0 radical (unpaired) electrons. The van der Waals surface area contributed by atoms with E-state index >= 15 is 0 Å². The van der Waals surface area contributed by atoms with Crippen molar-refractivity contribution < 1.29 is 4.79 Å². The molecule has 0 aromatic heterocycles. The van der Waals surface area contributed by atoms with Crippen molar-refractivity contribution in [2.75, 3.05) is 13.1 Å². The molecule has 1 aliphatic carbocycles. The molecule has 2 amide bonds. The SMILES string of the molecule is CCNC(=O)N(CCC#N)C1CC1. The molecule has 72 valence electrons. The van der Waals surface area contributed by atoms with Gasteiger partial charge in [-0.05, 0) is 19.8 Å². The predicted octanol–water partition coefficient (Wildman–Crippen LogP) is 1.09. The van der Waals surface area contributed by atoms with Crippen molar-refractivity contribution in [1.82, 2.24) is 10.2 Å². The van der Waals surface area contributed by atoms with E-state index in [1.165, 1.54) is 0 Å². The van der Waals surface area contributed by atoms with Crippen LogP contribution in [-0.2, 0) is 0 Å². The van der Waals surface area contributed by atoms with Gasteiger partial charge in [-0.25, -0.2) is 4.79 Å². The Morgan fingerprint density at radius 3 is 2.85 bits per heavy atom. The van der Waals surface area contributed by atoms with E-state index in [1.54, 1.807) is 4.90 Å². The highest BCUT2D eigenvalue weighted by atomic mass is 16.2. The minimum absolute atomic E-state index is 0.0275. The Morgan fingerprint density at radius 2 is 2.38 bits per heavy atom. The molecular weight excluding hydrogens is 166 g/mol. The maximum absolute atomic E-state index is 11.4. The lowest BCUT2D eigenvalue weighted by Gasteiger charge is -2.20. The molecular formula is C9H15N3O. The van der Waals surface area contributed by atoms with E-state index in [2.05, 4.69) is 11.4 Å². The number of carbonyl (C=O) groups is 1. The van der Waals surface area contributed by atoms with Crippen LogP contribution in [0.3, 0.4) is 0 Å². The highest BCUT2D eigenvalue weighted by molar-refractivity contribution is 5.74. The van der Waals surface area contributed by atoms with Gasteiger partial charge in [-0.3, -0.25) is 0 Å². The van der Waals surface area contributed by atoms with Gasteiger partial charge in [0.15, 0.2) is 0 Å². The molecule has 0 heterocycles. The summed E-state index contributed by atoms with van der Waals surface area (Å²) in [5, 5.41) is 11.2. The summed E-state index contributed by atoms with van der Waals surface area (Å²) in [7, 11) is 0. The fraction of sp³-hybridized carbons (Fsp3) is 0.778. The average molecular weight is 181 g/mol. The Hall–Kier alpha value is -1.24. The van der Waals surface area contributed by atoms with Crippen LogP contribution in [0.25, 0.3) is 0 Å². The monoisotopic (exact) mass is 181 g/mol. The van der Waals surface area contributed by atoms with E-state index in [1.807, 2.05) is 6.92 Å². The molecule has 0 saturated heterocycles. The highest BCUT2D eigenvalue weighted by Gasteiger charge is 2.31. The Morgan fingerprint density at radius 1 is 1.69 bits per heavy atom. The van der Waals surface area contributed by atoms with Gasteiger partial charge in [-0.2, -0.15) is 5.26 Å². The largest absolute Gasteiger partial charge is 0.338 e. The summed E-state index contributed by atoms with van der Waals surface area (Å²) >= 11 is 0. The molecule has 1 fully saturated rings. The van der Waals surface area contributed by atoms with Crippen molar-refractivity contribution in [3.8, 4) is 6.07 Å². The molecule has 0 unspecified atom stereocenters. The van der Waals surface area contributed by atoms with Gasteiger partial charge in [0.25, 0.3) is 0 Å². The summed E-state index contributed by atoms with van der Waals surface area (Å²) in [6, 6.07) is 2.42. The molecule has 13 heavy (non-hydrogen) atoms. The van der Waals surface area contributed by atoms with Gasteiger partial charge < -0.3 is 10.2 Å². The maximum atomic E-state index is 11.4. The number of carbonyl (C=O) groups excluding carboxylic acids is 1. The first-order chi connectivity index (χ1) is 6.29. The zero-order chi connectivity index (χ0) is 9.68. The van der Waals surface area contributed by atoms with Crippen LogP contribution in [0.2, 0.25) is 0 Å². The molecule has 0 aromatic rings. The Labute approximate surface area is 78.5 Å². The van der Waals surface area contributed by atoms with Crippen LogP contribution in [0.5, 0.6) is 0 Å². The Kier molecular flexibility index (Phi) is 3.56. The fourth-order valence-corrected chi connectivity index (χ4v) is 1.26. The van der Waals surface area contributed by atoms with Gasteiger partial charge in [0.1, 0.15) is 0 Å². The first-order valence-electron chi connectivity index (χ1n) is 4.71. The third-order valence-electron chi connectivity index (χ3n) is 2.04. The number of rotatable bonds is 4. The topological polar surface area (TPSA) is 56.1 Å². The summed E-state index contributed by atoms with van der Waals surface area (Å²) in [6.07, 6.45) is 2.60. The zero-order valence-electron chi connectivity index (χ0n) is 7.92. The first-order valence-corrected chi connectivity index (χ1v) is 4.71. The van der Waals surface area contributed by atoms with E-state index in [0.717, 1.165) is 12.8 Å². The Bertz CT molecular complexity index is 217. The van der Waals surface area contributed by atoms with Crippen molar-refractivity contribution in [2.24, 2.45) is 0 Å². The summed E-state index contributed by atoms with van der Waals surface area (Å²) in [4.78, 5) is 13.2. The van der Waals surface area contributed by atoms with Crippen LogP contribution in [0, 0.1) is 11.3 Å². The van der Waals surface area contributed by atoms with Gasteiger partial charge in [0.05, 0.1) is 12.5 Å².